The summed E-state index contributed by atoms with van der Waals surface area (Å²) in [6.07, 6.45) is -1.05. The number of pyridine rings is 1. The number of phenolic OH excluding ortho intramolecular Hbond substituents is 1. The van der Waals surface area contributed by atoms with E-state index in [-0.39, 0.29) is 53.6 Å². The summed E-state index contributed by atoms with van der Waals surface area (Å²) in [7, 11) is 1.37. The van der Waals surface area contributed by atoms with E-state index in [4.69, 9.17) is 27.9 Å². The van der Waals surface area contributed by atoms with Gasteiger partial charge in [0.25, 0.3) is 11.8 Å². The molecule has 3 aromatic carbocycles. The first kappa shape index (κ1) is 42.3. The number of rotatable bonds is 8. The first-order valence-electron chi connectivity index (χ1n) is 20.2. The highest BCUT2D eigenvalue weighted by atomic mass is 79.9. The Balaban J connectivity index is 1.14. The van der Waals surface area contributed by atoms with Crippen LogP contribution in [0.25, 0.3) is 0 Å². The van der Waals surface area contributed by atoms with E-state index < -0.39 is 63.6 Å². The molecule has 5 aliphatic rings. The van der Waals surface area contributed by atoms with E-state index in [0.29, 0.717) is 63.8 Å². The summed E-state index contributed by atoms with van der Waals surface area (Å²) in [4.78, 5) is 67.5. The number of ether oxygens (including phenoxy) is 1. The van der Waals surface area contributed by atoms with Crippen LogP contribution >= 0.6 is 39.1 Å². The molecule has 3 saturated heterocycles. The van der Waals surface area contributed by atoms with Crippen LogP contribution < -0.4 is 10.2 Å². The number of benzene rings is 3. The molecule has 4 fully saturated rings. The number of nitrogens with one attached hydrogen (secondary N) is 1. The molecule has 11 nitrogen and oxygen atoms in total. The largest absolute Gasteiger partial charge is 0.504 e. The van der Waals surface area contributed by atoms with Gasteiger partial charge in [-0.2, -0.15) is 18.2 Å². The van der Waals surface area contributed by atoms with Crippen molar-refractivity contribution in [3.8, 4) is 11.5 Å². The summed E-state index contributed by atoms with van der Waals surface area (Å²) >= 11 is 16.2. The van der Waals surface area contributed by atoms with Crippen molar-refractivity contribution in [2.45, 2.75) is 55.8 Å². The van der Waals surface area contributed by atoms with Gasteiger partial charge in [-0.1, -0.05) is 93.2 Å². The predicted molar refractivity (Wildman–Crippen MR) is 226 cm³/mol. The van der Waals surface area contributed by atoms with Crippen LogP contribution in [0.4, 0.5) is 19.0 Å². The van der Waals surface area contributed by atoms with Crippen molar-refractivity contribution in [3.05, 3.63) is 127 Å². The van der Waals surface area contributed by atoms with Crippen LogP contribution in [0, 0.1) is 23.7 Å². The maximum Gasteiger partial charge on any atom is 0.417 e. The summed E-state index contributed by atoms with van der Waals surface area (Å²) in [5.74, 6) is -7.52. The van der Waals surface area contributed by atoms with E-state index in [0.717, 1.165) is 6.54 Å². The van der Waals surface area contributed by atoms with E-state index in [9.17, 15) is 27.9 Å². The number of hydrogen-bond donors (Lipinski definition) is 2. The lowest BCUT2D eigenvalue weighted by Gasteiger charge is -2.50. The van der Waals surface area contributed by atoms with Gasteiger partial charge in [0.05, 0.1) is 40.9 Å². The maximum atomic E-state index is 15.5. The summed E-state index contributed by atoms with van der Waals surface area (Å²) < 4.78 is 46.8. The Morgan fingerprint density at radius 2 is 1.66 bits per heavy atom. The van der Waals surface area contributed by atoms with Gasteiger partial charge in [-0.25, -0.2) is 4.98 Å². The van der Waals surface area contributed by atoms with Gasteiger partial charge in [0.1, 0.15) is 0 Å². The normalized spacial score (nSPS) is 26.6. The standard InChI is InChI=1S/C45H39BrCl2F3N5O6/c1-62-35-19-26(46)18-32(38(35)57)37-29-11-12-30-36(42(60)55(40(30)58)28-13-15-54(16-14-28)22-23-5-3-2-4-6-23)31(29)20-33-41(59)56(43(61)44(33,37)24-7-9-27(47)10-8-24)53-39-34(48)17-25(21-52-39)45(49,50)51/h2-11,17-19,21,28,30-31,33,36-37,57H,12-16,20,22H2,1H3,(H,52,53). The molecule has 0 spiro atoms. The number of aromatic nitrogens is 1. The molecule has 6 atom stereocenters. The third-order valence-corrected chi connectivity index (χ3v) is 14.4. The monoisotopic (exact) mass is 951 g/mol. The highest BCUT2D eigenvalue weighted by Crippen LogP contribution is 2.65. The van der Waals surface area contributed by atoms with Crippen molar-refractivity contribution in [3.63, 3.8) is 0 Å². The van der Waals surface area contributed by atoms with Crippen molar-refractivity contribution >= 4 is 68.6 Å². The average Bonchev–Trinajstić information content (AvgIpc) is 3.63. The number of halogens is 6. The lowest BCUT2D eigenvalue weighted by molar-refractivity contribution is -0.144. The Hall–Kier alpha value is -4.96. The van der Waals surface area contributed by atoms with Crippen molar-refractivity contribution in [2.24, 2.45) is 23.7 Å². The van der Waals surface area contributed by atoms with Crippen LogP contribution in [-0.4, -0.2) is 74.8 Å². The highest BCUT2D eigenvalue weighted by molar-refractivity contribution is 9.10. The zero-order valence-corrected chi connectivity index (χ0v) is 36.1. The van der Waals surface area contributed by atoms with Crippen LogP contribution in [0.1, 0.15) is 53.9 Å². The molecule has 3 aliphatic heterocycles. The number of hydrogen-bond acceptors (Lipinski definition) is 9. The molecule has 4 heterocycles. The molecular formula is C45H39BrCl2F3N5O6. The van der Waals surface area contributed by atoms with Gasteiger partial charge in [0.15, 0.2) is 17.3 Å². The molecule has 17 heteroatoms. The zero-order valence-electron chi connectivity index (χ0n) is 33.0. The van der Waals surface area contributed by atoms with Crippen molar-refractivity contribution in [2.75, 3.05) is 25.6 Å². The topological polar surface area (TPSA) is 132 Å². The lowest BCUT2D eigenvalue weighted by Crippen LogP contribution is -2.53. The summed E-state index contributed by atoms with van der Waals surface area (Å²) in [5.41, 5.74) is 1.97. The smallest absolute Gasteiger partial charge is 0.417 e. The number of methoxy groups -OCH3 is 1. The van der Waals surface area contributed by atoms with Gasteiger partial charge in [0.2, 0.25) is 11.8 Å². The van der Waals surface area contributed by atoms with Gasteiger partial charge < -0.3 is 9.84 Å². The van der Waals surface area contributed by atoms with E-state index >= 15 is 9.59 Å². The number of imide groups is 2. The van der Waals surface area contributed by atoms with Gasteiger partial charge in [-0.15, -0.1) is 0 Å². The Morgan fingerprint density at radius 1 is 0.952 bits per heavy atom. The molecular weight excluding hydrogens is 914 g/mol. The lowest BCUT2D eigenvalue weighted by atomic mass is 9.49. The molecule has 322 valence electrons. The second kappa shape index (κ2) is 16.0. The molecule has 1 saturated carbocycles. The summed E-state index contributed by atoms with van der Waals surface area (Å²) in [6.45, 7) is 2.13. The van der Waals surface area contributed by atoms with Crippen LogP contribution in [0.2, 0.25) is 10.0 Å². The molecule has 1 aromatic heterocycles. The number of alkyl halides is 3. The van der Waals surface area contributed by atoms with Gasteiger partial charge >= 0.3 is 6.18 Å². The maximum absolute atomic E-state index is 15.5. The molecule has 6 unspecified atom stereocenters. The van der Waals surface area contributed by atoms with Crippen LogP contribution in [0.3, 0.4) is 0 Å². The second-order valence-electron chi connectivity index (χ2n) is 16.5. The van der Waals surface area contributed by atoms with E-state index in [1.807, 2.05) is 24.3 Å². The van der Waals surface area contributed by atoms with Crippen LogP contribution in [0.5, 0.6) is 11.5 Å². The number of allylic oxidation sites excluding steroid dienone is 2. The number of likely N-dealkylation sites (tertiary alicyclic amines) is 2. The Kier molecular flexibility index (Phi) is 10.9. The number of amides is 4. The quantitative estimate of drug-likeness (QED) is 0.132. The molecule has 9 rings (SSSR count). The first-order chi connectivity index (χ1) is 29.6. The van der Waals surface area contributed by atoms with E-state index in [1.54, 1.807) is 36.4 Å². The molecule has 0 bridgehead atoms. The van der Waals surface area contributed by atoms with Crippen molar-refractivity contribution < 1.29 is 42.2 Å². The minimum absolute atomic E-state index is 0.0582. The van der Waals surface area contributed by atoms with Crippen LogP contribution in [0.15, 0.2) is 95.1 Å². The average molecular weight is 954 g/mol. The molecule has 0 radical (unpaired) electrons. The SMILES string of the molecule is COc1cc(Br)cc(C2C3=CCC4C(=O)N(C5CCN(Cc6ccccc6)CC5)C(=O)C4C3CC3C(=O)N(Nc4ncc(C(F)(F)F)cc4Cl)C(=O)C32c2ccc(Cl)cc2)c1O. The Morgan fingerprint density at radius 3 is 2.32 bits per heavy atom. The van der Waals surface area contributed by atoms with E-state index in [2.05, 4.69) is 43.4 Å². The van der Waals surface area contributed by atoms with E-state index in [1.165, 1.54) is 17.6 Å². The predicted octanol–water partition coefficient (Wildman–Crippen LogP) is 8.53. The summed E-state index contributed by atoms with van der Waals surface area (Å²) in [5, 5.41) is 12.6. The minimum Gasteiger partial charge on any atom is -0.504 e. The molecule has 62 heavy (non-hydrogen) atoms. The number of fused-ring (bicyclic) bond motifs is 4. The number of nitrogens with zero attached hydrogens (tertiary/aromatic N) is 4. The minimum atomic E-state index is -4.77. The molecule has 2 N–H and O–H groups in total. The Labute approximate surface area is 372 Å². The van der Waals surface area contributed by atoms with Gasteiger partial charge in [-0.05, 0) is 73.1 Å². The fourth-order valence-corrected chi connectivity index (χ4v) is 11.4. The third kappa shape index (κ3) is 6.86. The third-order valence-electron chi connectivity index (χ3n) is 13.4. The number of piperidine rings is 1. The number of aromatic hydroxyl groups is 1. The van der Waals surface area contributed by atoms with Crippen LogP contribution in [-0.2, 0) is 37.3 Å². The van der Waals surface area contributed by atoms with Crippen molar-refractivity contribution in [1.29, 1.82) is 0 Å². The molecule has 4 aromatic rings. The fourth-order valence-electron chi connectivity index (χ4n) is 10.7. The van der Waals surface area contributed by atoms with Crippen molar-refractivity contribution in [1.82, 2.24) is 19.8 Å². The number of carbonyl (C=O) groups excluding carboxylic acids is 4. The fraction of sp³-hybridized carbons (Fsp3) is 0.356. The number of phenols is 1. The van der Waals surface area contributed by atoms with Gasteiger partial charge in [-0.3, -0.25) is 34.4 Å². The summed E-state index contributed by atoms with van der Waals surface area (Å²) in [6, 6.07) is 20.0. The zero-order chi connectivity index (χ0) is 43.8. The number of carbonyl (C=O) groups is 4. The highest BCUT2D eigenvalue weighted by Gasteiger charge is 2.71. The van der Waals surface area contributed by atoms with Gasteiger partial charge in [0, 0.05) is 52.8 Å². The first-order valence-corrected chi connectivity index (χ1v) is 21.7. The molecule has 2 aliphatic carbocycles. The molecule has 4 amide bonds. The number of hydrazine groups is 1. The Bertz CT molecular complexity index is 2520. The number of anilines is 1. The second-order valence-corrected chi connectivity index (χ2v) is 18.3.